The smallest absolute Gasteiger partial charge is 0.330 e. The highest BCUT2D eigenvalue weighted by molar-refractivity contribution is 5.69. The van der Waals surface area contributed by atoms with Gasteiger partial charge in [-0.15, -0.1) is 0 Å². The maximum absolute atomic E-state index is 11.9. The number of aliphatic hydroxyl groups excluding tert-OH is 2. The molecule has 8 nitrogen and oxygen atoms in total. The number of aromatic nitrogens is 4. The highest BCUT2D eigenvalue weighted by atomic mass is 16.3. The second-order valence-electron chi connectivity index (χ2n) is 5.12. The number of nitrogens with zero attached hydrogens (tertiary/aromatic N) is 3. The first kappa shape index (κ1) is 15.5. The number of H-pyrrole nitrogens is 1. The van der Waals surface area contributed by atoms with E-state index >= 15 is 0 Å². The third-order valence-corrected chi connectivity index (χ3v) is 3.48. The molecule has 8 heteroatoms. The molecule has 0 amide bonds. The largest absolute Gasteiger partial charge is 0.394 e. The SMILES string of the molecule is Cn1cnc2c1c(=O)[nH]c(=O)n2CCCCCC(O)CO. The number of aryl methyl sites for hydroxylation is 2. The van der Waals surface area contributed by atoms with Gasteiger partial charge in [0.15, 0.2) is 11.2 Å². The zero-order valence-electron chi connectivity index (χ0n) is 11.9. The Balaban J connectivity index is 2.06. The summed E-state index contributed by atoms with van der Waals surface area (Å²) in [5.41, 5.74) is -0.120. The summed E-state index contributed by atoms with van der Waals surface area (Å²) in [5.74, 6) is 0. The molecule has 2 rings (SSSR count). The second-order valence-corrected chi connectivity index (χ2v) is 5.12. The number of fused-ring (bicyclic) bond motifs is 1. The van der Waals surface area contributed by atoms with Crippen LogP contribution < -0.4 is 11.2 Å². The fourth-order valence-electron chi connectivity index (χ4n) is 2.32. The summed E-state index contributed by atoms with van der Waals surface area (Å²) in [6.45, 7) is 0.228. The minimum absolute atomic E-state index is 0.228. The molecule has 0 bridgehead atoms. The molecule has 21 heavy (non-hydrogen) atoms. The van der Waals surface area contributed by atoms with Gasteiger partial charge in [-0.3, -0.25) is 14.3 Å². The van der Waals surface area contributed by atoms with E-state index in [1.165, 1.54) is 10.9 Å². The fourth-order valence-corrected chi connectivity index (χ4v) is 2.32. The van der Waals surface area contributed by atoms with Gasteiger partial charge in [-0.1, -0.05) is 12.8 Å². The van der Waals surface area contributed by atoms with Crippen molar-refractivity contribution < 1.29 is 10.2 Å². The quantitative estimate of drug-likeness (QED) is 0.587. The third-order valence-electron chi connectivity index (χ3n) is 3.48. The molecule has 0 radical (unpaired) electrons. The highest BCUT2D eigenvalue weighted by Crippen LogP contribution is 2.08. The van der Waals surface area contributed by atoms with Crippen LogP contribution in [-0.4, -0.2) is 42.0 Å². The Morgan fingerprint density at radius 3 is 2.81 bits per heavy atom. The lowest BCUT2D eigenvalue weighted by Gasteiger charge is -2.08. The van der Waals surface area contributed by atoms with Crippen LogP contribution in [0.1, 0.15) is 25.7 Å². The first-order valence-corrected chi connectivity index (χ1v) is 6.97. The van der Waals surface area contributed by atoms with Gasteiger partial charge >= 0.3 is 5.69 Å². The van der Waals surface area contributed by atoms with E-state index in [1.807, 2.05) is 0 Å². The predicted octanol–water partition coefficient (Wildman–Crippen LogP) is -0.663. The molecule has 0 aliphatic carbocycles. The molecule has 0 aliphatic heterocycles. The van der Waals surface area contributed by atoms with Crippen LogP contribution in [0.4, 0.5) is 0 Å². The van der Waals surface area contributed by atoms with Crippen molar-refractivity contribution in [2.45, 2.75) is 38.3 Å². The Morgan fingerprint density at radius 1 is 1.33 bits per heavy atom. The molecule has 1 atom stereocenters. The topological polar surface area (TPSA) is 113 Å². The Bertz CT molecular complexity index is 715. The maximum Gasteiger partial charge on any atom is 0.330 e. The van der Waals surface area contributed by atoms with Crippen LogP contribution in [0, 0.1) is 0 Å². The maximum atomic E-state index is 11.9. The van der Waals surface area contributed by atoms with Gasteiger partial charge in [-0.05, 0) is 12.8 Å². The second kappa shape index (κ2) is 6.68. The lowest BCUT2D eigenvalue weighted by atomic mass is 10.1. The average Bonchev–Trinajstić information content (AvgIpc) is 2.83. The summed E-state index contributed by atoms with van der Waals surface area (Å²) in [6, 6.07) is 0. The van der Waals surface area contributed by atoms with Crippen LogP contribution in [0.25, 0.3) is 11.2 Å². The normalized spacial score (nSPS) is 12.9. The monoisotopic (exact) mass is 296 g/mol. The van der Waals surface area contributed by atoms with E-state index in [1.54, 1.807) is 11.6 Å². The first-order valence-electron chi connectivity index (χ1n) is 6.97. The van der Waals surface area contributed by atoms with Crippen molar-refractivity contribution >= 4 is 11.2 Å². The van der Waals surface area contributed by atoms with E-state index in [-0.39, 0.29) is 6.61 Å². The number of hydrogen-bond donors (Lipinski definition) is 3. The zero-order valence-corrected chi connectivity index (χ0v) is 11.9. The molecular weight excluding hydrogens is 276 g/mol. The zero-order chi connectivity index (χ0) is 15.4. The van der Waals surface area contributed by atoms with Crippen LogP contribution in [0.2, 0.25) is 0 Å². The lowest BCUT2D eigenvalue weighted by Crippen LogP contribution is -2.31. The molecule has 3 N–H and O–H groups in total. The van der Waals surface area contributed by atoms with E-state index in [0.29, 0.717) is 24.1 Å². The predicted molar refractivity (Wildman–Crippen MR) is 77.2 cm³/mol. The Morgan fingerprint density at radius 2 is 2.10 bits per heavy atom. The molecule has 0 aromatic carbocycles. The first-order chi connectivity index (χ1) is 10.0. The van der Waals surface area contributed by atoms with E-state index in [9.17, 15) is 14.7 Å². The van der Waals surface area contributed by atoms with Gasteiger partial charge in [-0.25, -0.2) is 9.78 Å². The van der Waals surface area contributed by atoms with E-state index < -0.39 is 17.4 Å². The summed E-state index contributed by atoms with van der Waals surface area (Å²) in [6.07, 6.45) is 3.68. The van der Waals surface area contributed by atoms with E-state index in [0.717, 1.165) is 19.3 Å². The van der Waals surface area contributed by atoms with Crippen LogP contribution in [0.15, 0.2) is 15.9 Å². The Hall–Kier alpha value is -1.93. The molecule has 0 aliphatic rings. The van der Waals surface area contributed by atoms with Crippen LogP contribution in [-0.2, 0) is 13.6 Å². The highest BCUT2D eigenvalue weighted by Gasteiger charge is 2.11. The number of nitrogens with one attached hydrogen (secondary N) is 1. The Kier molecular flexibility index (Phi) is 4.92. The summed E-state index contributed by atoms with van der Waals surface area (Å²) >= 11 is 0. The van der Waals surface area contributed by atoms with Crippen molar-refractivity contribution in [1.29, 1.82) is 0 Å². The van der Waals surface area contributed by atoms with Crippen LogP contribution in [0.3, 0.4) is 0 Å². The molecule has 2 aromatic rings. The van der Waals surface area contributed by atoms with E-state index in [4.69, 9.17) is 5.11 Å². The van der Waals surface area contributed by atoms with Crippen molar-refractivity contribution in [2.75, 3.05) is 6.61 Å². The molecule has 1 unspecified atom stereocenters. The molecule has 0 spiro atoms. The standard InChI is InChI=1S/C13H20N4O4/c1-16-8-14-11-10(16)12(20)15-13(21)17(11)6-4-2-3-5-9(19)7-18/h8-9,18-19H,2-7H2,1H3,(H,15,20,21). The van der Waals surface area contributed by atoms with Gasteiger partial charge in [0, 0.05) is 13.6 Å². The van der Waals surface area contributed by atoms with Gasteiger partial charge in [0.25, 0.3) is 5.56 Å². The van der Waals surface area contributed by atoms with Crippen molar-refractivity contribution in [3.8, 4) is 0 Å². The van der Waals surface area contributed by atoms with Gasteiger partial charge in [0.1, 0.15) is 0 Å². The minimum atomic E-state index is -0.678. The molecule has 116 valence electrons. The number of rotatable bonds is 7. The number of imidazole rings is 1. The summed E-state index contributed by atoms with van der Waals surface area (Å²) in [5, 5.41) is 17.9. The van der Waals surface area contributed by atoms with Crippen LogP contribution in [0.5, 0.6) is 0 Å². The van der Waals surface area contributed by atoms with Crippen molar-refractivity contribution in [2.24, 2.45) is 7.05 Å². The minimum Gasteiger partial charge on any atom is -0.394 e. The number of hydrogen-bond acceptors (Lipinski definition) is 5. The number of aliphatic hydroxyl groups is 2. The lowest BCUT2D eigenvalue weighted by molar-refractivity contribution is 0.0859. The van der Waals surface area contributed by atoms with Gasteiger partial charge in [-0.2, -0.15) is 0 Å². The van der Waals surface area contributed by atoms with Crippen molar-refractivity contribution in [1.82, 2.24) is 19.1 Å². The summed E-state index contributed by atoms with van der Waals surface area (Å²) in [7, 11) is 1.70. The van der Waals surface area contributed by atoms with E-state index in [2.05, 4.69) is 9.97 Å². The van der Waals surface area contributed by atoms with Crippen LogP contribution >= 0.6 is 0 Å². The fraction of sp³-hybridized carbons (Fsp3) is 0.615. The van der Waals surface area contributed by atoms with Gasteiger partial charge in [0.2, 0.25) is 0 Å². The summed E-state index contributed by atoms with van der Waals surface area (Å²) < 4.78 is 3.04. The van der Waals surface area contributed by atoms with Gasteiger partial charge in [0.05, 0.1) is 19.0 Å². The van der Waals surface area contributed by atoms with Crippen molar-refractivity contribution in [3.63, 3.8) is 0 Å². The molecule has 0 fully saturated rings. The molecule has 2 aromatic heterocycles. The Labute approximate surface area is 120 Å². The number of aromatic amines is 1. The number of unbranched alkanes of at least 4 members (excludes halogenated alkanes) is 2. The van der Waals surface area contributed by atoms with Crippen molar-refractivity contribution in [3.05, 3.63) is 27.2 Å². The van der Waals surface area contributed by atoms with Gasteiger partial charge < -0.3 is 14.8 Å². The molecule has 0 saturated heterocycles. The average molecular weight is 296 g/mol. The third kappa shape index (κ3) is 3.40. The molecule has 2 heterocycles. The molecular formula is C13H20N4O4. The summed E-state index contributed by atoms with van der Waals surface area (Å²) in [4.78, 5) is 30.0. The molecule has 0 saturated carbocycles.